The molecule has 3 nitrogen and oxygen atoms in total. The van der Waals surface area contributed by atoms with Crippen molar-refractivity contribution in [3.63, 3.8) is 0 Å². The number of amides is 1. The van der Waals surface area contributed by atoms with Crippen molar-refractivity contribution in [1.82, 2.24) is 4.90 Å². The summed E-state index contributed by atoms with van der Waals surface area (Å²) < 4.78 is 0. The van der Waals surface area contributed by atoms with Gasteiger partial charge in [0.05, 0.1) is 0 Å². The Morgan fingerprint density at radius 3 is 2.50 bits per heavy atom. The molecular formula is C11H20N2O. The molecule has 2 saturated carbocycles. The summed E-state index contributed by atoms with van der Waals surface area (Å²) in [7, 11) is 1.94. The first kappa shape index (κ1) is 9.97. The Balaban J connectivity index is 1.73. The highest BCUT2D eigenvalue weighted by molar-refractivity contribution is 5.79. The highest BCUT2D eigenvalue weighted by atomic mass is 16.2. The van der Waals surface area contributed by atoms with E-state index in [0.717, 1.165) is 25.3 Å². The first-order valence-corrected chi connectivity index (χ1v) is 5.67. The third-order valence-electron chi connectivity index (χ3n) is 3.66. The third-order valence-corrected chi connectivity index (χ3v) is 3.66. The van der Waals surface area contributed by atoms with E-state index in [1.807, 2.05) is 11.9 Å². The molecule has 0 radical (unpaired) electrons. The van der Waals surface area contributed by atoms with Gasteiger partial charge in [-0.2, -0.15) is 0 Å². The maximum absolute atomic E-state index is 11.8. The van der Waals surface area contributed by atoms with Gasteiger partial charge in [-0.15, -0.1) is 0 Å². The largest absolute Gasteiger partial charge is 0.345 e. The van der Waals surface area contributed by atoms with Crippen LogP contribution in [0, 0.1) is 11.8 Å². The molecule has 2 aliphatic rings. The maximum atomic E-state index is 11.8. The van der Waals surface area contributed by atoms with Gasteiger partial charge in [-0.1, -0.05) is 6.42 Å². The zero-order valence-corrected chi connectivity index (χ0v) is 8.91. The normalized spacial score (nSPS) is 31.9. The number of nitrogens with two attached hydrogens (primary N) is 1. The Labute approximate surface area is 85.6 Å². The standard InChI is InChI=1S/C11H20N2O/c1-13(7-8-3-2-4-8)11(14)9-5-10(12)6-9/h8-10H,2-7,12H2,1H3. The van der Waals surface area contributed by atoms with E-state index in [1.54, 1.807) is 0 Å². The second-order valence-corrected chi connectivity index (χ2v) is 4.94. The lowest BCUT2D eigenvalue weighted by molar-refractivity contribution is -0.138. The van der Waals surface area contributed by atoms with Crippen LogP contribution >= 0.6 is 0 Å². The van der Waals surface area contributed by atoms with E-state index in [-0.39, 0.29) is 12.0 Å². The molecule has 0 unspecified atom stereocenters. The van der Waals surface area contributed by atoms with Gasteiger partial charge in [0.1, 0.15) is 0 Å². The average Bonchev–Trinajstić information content (AvgIpc) is 2.04. The van der Waals surface area contributed by atoms with E-state index in [0.29, 0.717) is 5.91 Å². The van der Waals surface area contributed by atoms with Gasteiger partial charge < -0.3 is 10.6 Å². The first-order chi connectivity index (χ1) is 6.66. The van der Waals surface area contributed by atoms with Gasteiger partial charge in [-0.3, -0.25) is 4.79 Å². The van der Waals surface area contributed by atoms with Crippen molar-refractivity contribution >= 4 is 5.91 Å². The fourth-order valence-electron chi connectivity index (χ4n) is 2.33. The number of hydrogen-bond acceptors (Lipinski definition) is 2. The Kier molecular flexibility index (Phi) is 2.77. The minimum absolute atomic E-state index is 0.232. The van der Waals surface area contributed by atoms with Crippen LogP contribution in [0.3, 0.4) is 0 Å². The Bertz CT molecular complexity index is 219. The van der Waals surface area contributed by atoms with Crippen molar-refractivity contribution in [3.05, 3.63) is 0 Å². The van der Waals surface area contributed by atoms with Crippen LogP contribution in [0.4, 0.5) is 0 Å². The molecule has 2 N–H and O–H groups in total. The number of carbonyl (C=O) groups is 1. The Morgan fingerprint density at radius 2 is 2.07 bits per heavy atom. The summed E-state index contributed by atoms with van der Waals surface area (Å²) in [4.78, 5) is 13.7. The summed E-state index contributed by atoms with van der Waals surface area (Å²) >= 11 is 0. The zero-order chi connectivity index (χ0) is 10.1. The van der Waals surface area contributed by atoms with E-state index in [1.165, 1.54) is 19.3 Å². The van der Waals surface area contributed by atoms with Crippen molar-refractivity contribution in [2.45, 2.75) is 38.1 Å². The van der Waals surface area contributed by atoms with Crippen molar-refractivity contribution in [2.75, 3.05) is 13.6 Å². The topological polar surface area (TPSA) is 46.3 Å². The van der Waals surface area contributed by atoms with Crippen LogP contribution in [0.25, 0.3) is 0 Å². The number of rotatable bonds is 3. The summed E-state index contributed by atoms with van der Waals surface area (Å²) in [5.41, 5.74) is 5.67. The van der Waals surface area contributed by atoms with E-state index < -0.39 is 0 Å². The molecule has 0 aromatic carbocycles. The summed E-state index contributed by atoms with van der Waals surface area (Å²) in [6.07, 6.45) is 5.76. The van der Waals surface area contributed by atoms with Gasteiger partial charge in [0.2, 0.25) is 5.91 Å². The van der Waals surface area contributed by atoms with Crippen molar-refractivity contribution in [1.29, 1.82) is 0 Å². The smallest absolute Gasteiger partial charge is 0.225 e. The minimum Gasteiger partial charge on any atom is -0.345 e. The predicted molar refractivity (Wildman–Crippen MR) is 55.7 cm³/mol. The molecule has 2 aliphatic carbocycles. The predicted octanol–water partition coefficient (Wildman–Crippen LogP) is 0.982. The van der Waals surface area contributed by atoms with E-state index >= 15 is 0 Å². The third kappa shape index (κ3) is 1.92. The Morgan fingerprint density at radius 1 is 1.43 bits per heavy atom. The summed E-state index contributed by atoms with van der Waals surface area (Å²) in [6, 6.07) is 0.279. The van der Waals surface area contributed by atoms with Gasteiger partial charge in [0, 0.05) is 25.6 Å². The summed E-state index contributed by atoms with van der Waals surface area (Å²) in [5, 5.41) is 0. The molecule has 2 fully saturated rings. The lowest BCUT2D eigenvalue weighted by Crippen LogP contribution is -2.47. The first-order valence-electron chi connectivity index (χ1n) is 5.67. The van der Waals surface area contributed by atoms with Crippen LogP contribution in [-0.4, -0.2) is 30.4 Å². The molecular weight excluding hydrogens is 176 g/mol. The molecule has 0 aromatic rings. The van der Waals surface area contributed by atoms with Crippen LogP contribution in [0.5, 0.6) is 0 Å². The zero-order valence-electron chi connectivity index (χ0n) is 8.91. The molecule has 0 aromatic heterocycles. The molecule has 14 heavy (non-hydrogen) atoms. The molecule has 0 bridgehead atoms. The minimum atomic E-state index is 0.232. The molecule has 0 atom stereocenters. The SMILES string of the molecule is CN(CC1CCC1)C(=O)C1CC(N)C1. The number of carbonyl (C=O) groups excluding carboxylic acids is 1. The quantitative estimate of drug-likeness (QED) is 0.731. The summed E-state index contributed by atoms with van der Waals surface area (Å²) in [5.74, 6) is 1.33. The van der Waals surface area contributed by atoms with Gasteiger partial charge >= 0.3 is 0 Å². The lowest BCUT2D eigenvalue weighted by Gasteiger charge is -2.36. The van der Waals surface area contributed by atoms with Crippen molar-refractivity contribution in [2.24, 2.45) is 17.6 Å². The highest BCUT2D eigenvalue weighted by Gasteiger charge is 2.34. The molecule has 0 heterocycles. The molecule has 2 rings (SSSR count). The highest BCUT2D eigenvalue weighted by Crippen LogP contribution is 2.30. The van der Waals surface area contributed by atoms with E-state index in [9.17, 15) is 4.79 Å². The molecule has 0 aliphatic heterocycles. The molecule has 3 heteroatoms. The lowest BCUT2D eigenvalue weighted by atomic mass is 9.79. The number of nitrogens with zero attached hydrogens (tertiary/aromatic N) is 1. The molecule has 1 amide bonds. The van der Waals surface area contributed by atoms with Crippen molar-refractivity contribution in [3.8, 4) is 0 Å². The fourth-order valence-corrected chi connectivity index (χ4v) is 2.33. The molecule has 0 saturated heterocycles. The van der Waals surface area contributed by atoms with Gasteiger partial charge in [0.15, 0.2) is 0 Å². The second kappa shape index (κ2) is 3.89. The van der Waals surface area contributed by atoms with Crippen LogP contribution in [-0.2, 0) is 4.79 Å². The van der Waals surface area contributed by atoms with Gasteiger partial charge in [-0.25, -0.2) is 0 Å². The van der Waals surface area contributed by atoms with Crippen LogP contribution in [0.1, 0.15) is 32.1 Å². The van der Waals surface area contributed by atoms with E-state index in [2.05, 4.69) is 0 Å². The monoisotopic (exact) mass is 196 g/mol. The van der Waals surface area contributed by atoms with Gasteiger partial charge in [0.25, 0.3) is 0 Å². The van der Waals surface area contributed by atoms with E-state index in [4.69, 9.17) is 5.73 Å². The molecule has 0 spiro atoms. The summed E-state index contributed by atoms with van der Waals surface area (Å²) in [6.45, 7) is 0.963. The van der Waals surface area contributed by atoms with Crippen LogP contribution in [0.15, 0.2) is 0 Å². The van der Waals surface area contributed by atoms with Crippen LogP contribution < -0.4 is 5.73 Å². The van der Waals surface area contributed by atoms with Gasteiger partial charge in [-0.05, 0) is 31.6 Å². The second-order valence-electron chi connectivity index (χ2n) is 4.94. The Hall–Kier alpha value is -0.570. The van der Waals surface area contributed by atoms with Crippen LogP contribution in [0.2, 0.25) is 0 Å². The van der Waals surface area contributed by atoms with Crippen molar-refractivity contribution < 1.29 is 4.79 Å². The fraction of sp³-hybridized carbons (Fsp3) is 0.909. The molecule has 80 valence electrons. The average molecular weight is 196 g/mol. The number of hydrogen-bond donors (Lipinski definition) is 1. The maximum Gasteiger partial charge on any atom is 0.225 e.